The maximum absolute atomic E-state index is 12.7. The molecule has 2 heterocycles. The second-order valence-corrected chi connectivity index (χ2v) is 9.43. The molecule has 0 bridgehead atoms. The summed E-state index contributed by atoms with van der Waals surface area (Å²) in [5.41, 5.74) is 0. The molecule has 0 spiro atoms. The Bertz CT molecular complexity index is 838. The van der Waals surface area contributed by atoms with E-state index in [4.69, 9.17) is 4.74 Å². The molecule has 1 N–H and O–H groups in total. The molecule has 1 aliphatic rings. The van der Waals surface area contributed by atoms with Gasteiger partial charge in [0.05, 0.1) is 5.75 Å². The summed E-state index contributed by atoms with van der Waals surface area (Å²) in [6, 6.07) is 9.50. The molecule has 1 aromatic heterocycles. The molecule has 1 fully saturated rings. The van der Waals surface area contributed by atoms with Gasteiger partial charge in [-0.25, -0.2) is 0 Å². The van der Waals surface area contributed by atoms with Gasteiger partial charge in [0, 0.05) is 32.2 Å². The van der Waals surface area contributed by atoms with E-state index in [2.05, 4.69) is 20.4 Å². The first-order valence-corrected chi connectivity index (χ1v) is 11.7. The third-order valence-electron chi connectivity index (χ3n) is 4.44. The predicted molar refractivity (Wildman–Crippen MR) is 119 cm³/mol. The number of nitrogens with zero attached hydrogens (tertiary/aromatic N) is 4. The molecule has 0 aliphatic carbocycles. The summed E-state index contributed by atoms with van der Waals surface area (Å²) in [5, 5.41) is 12.1. The summed E-state index contributed by atoms with van der Waals surface area (Å²) in [6.45, 7) is 8.26. The molecule has 162 valence electrons. The van der Waals surface area contributed by atoms with Gasteiger partial charge in [-0.3, -0.25) is 9.59 Å². The molecule has 0 radical (unpaired) electrons. The van der Waals surface area contributed by atoms with Crippen molar-refractivity contribution >= 4 is 40.0 Å². The molecule has 8 nitrogen and oxygen atoms in total. The van der Waals surface area contributed by atoms with Crippen molar-refractivity contribution < 1.29 is 14.3 Å². The zero-order valence-corrected chi connectivity index (χ0v) is 19.0. The smallest absolute Gasteiger partial charge is 0.263 e. The van der Waals surface area contributed by atoms with Crippen LogP contribution in [0.1, 0.15) is 20.8 Å². The van der Waals surface area contributed by atoms with Crippen LogP contribution in [0.15, 0.2) is 34.7 Å². The fourth-order valence-corrected chi connectivity index (χ4v) is 4.71. The van der Waals surface area contributed by atoms with Gasteiger partial charge in [-0.15, -0.1) is 10.2 Å². The van der Waals surface area contributed by atoms with Crippen molar-refractivity contribution in [3.8, 4) is 5.75 Å². The van der Waals surface area contributed by atoms with Gasteiger partial charge in [0.15, 0.2) is 10.4 Å². The molecule has 30 heavy (non-hydrogen) atoms. The lowest BCUT2D eigenvalue weighted by molar-refractivity contribution is -0.138. The van der Waals surface area contributed by atoms with Gasteiger partial charge in [0.2, 0.25) is 11.0 Å². The Balaban J connectivity index is 1.45. The van der Waals surface area contributed by atoms with Crippen LogP contribution < -0.4 is 15.0 Å². The topological polar surface area (TPSA) is 87.7 Å². The average Bonchev–Trinajstić information content (AvgIpc) is 3.21. The van der Waals surface area contributed by atoms with Crippen molar-refractivity contribution in [2.45, 2.75) is 37.3 Å². The predicted octanol–water partition coefficient (Wildman–Crippen LogP) is 2.27. The van der Waals surface area contributed by atoms with Gasteiger partial charge >= 0.3 is 0 Å². The van der Waals surface area contributed by atoms with E-state index in [1.165, 1.54) is 23.1 Å². The second-order valence-electron chi connectivity index (χ2n) is 7.25. The standard InChI is InChI=1S/C20H27N5O3S2/c1-14(2)21-17(26)13-29-20-23-22-19(30-20)25-11-9-24(10-12-25)18(27)15(3)28-16-7-5-4-6-8-16/h4-8,14-15H,9-13H2,1-3H3,(H,21,26). The summed E-state index contributed by atoms with van der Waals surface area (Å²) >= 11 is 2.87. The van der Waals surface area contributed by atoms with Gasteiger partial charge < -0.3 is 19.9 Å². The molecular weight excluding hydrogens is 422 g/mol. The van der Waals surface area contributed by atoms with Crippen molar-refractivity contribution in [2.24, 2.45) is 0 Å². The van der Waals surface area contributed by atoms with E-state index in [0.717, 1.165) is 9.47 Å². The Morgan fingerprint density at radius 1 is 1.13 bits per heavy atom. The lowest BCUT2D eigenvalue weighted by atomic mass is 10.2. The summed E-state index contributed by atoms with van der Waals surface area (Å²) in [6.07, 6.45) is -0.527. The van der Waals surface area contributed by atoms with Crippen molar-refractivity contribution in [2.75, 3.05) is 36.8 Å². The third-order valence-corrected chi connectivity index (χ3v) is 6.56. The fraction of sp³-hybridized carbons (Fsp3) is 0.500. The number of hydrogen-bond acceptors (Lipinski definition) is 8. The highest BCUT2D eigenvalue weighted by atomic mass is 32.2. The van der Waals surface area contributed by atoms with E-state index in [0.29, 0.717) is 37.7 Å². The van der Waals surface area contributed by atoms with Gasteiger partial charge in [-0.2, -0.15) is 0 Å². The van der Waals surface area contributed by atoms with Crippen LogP contribution in [-0.4, -0.2) is 71.0 Å². The van der Waals surface area contributed by atoms with E-state index in [-0.39, 0.29) is 17.9 Å². The Morgan fingerprint density at radius 3 is 2.50 bits per heavy atom. The number of ether oxygens (including phenoxy) is 1. The van der Waals surface area contributed by atoms with Crippen LogP contribution in [0.4, 0.5) is 5.13 Å². The molecule has 1 aromatic carbocycles. The number of nitrogens with one attached hydrogen (secondary N) is 1. The van der Waals surface area contributed by atoms with Gasteiger partial charge in [-0.1, -0.05) is 41.3 Å². The molecule has 1 unspecified atom stereocenters. The number of aromatic nitrogens is 2. The lowest BCUT2D eigenvalue weighted by Gasteiger charge is -2.35. The molecule has 0 saturated carbocycles. The summed E-state index contributed by atoms with van der Waals surface area (Å²) in [4.78, 5) is 28.4. The maximum atomic E-state index is 12.7. The molecule has 1 atom stereocenters. The Hall–Kier alpha value is -2.33. The number of para-hydroxylation sites is 1. The Kier molecular flexibility index (Phi) is 7.92. The average molecular weight is 450 g/mol. The molecule has 1 saturated heterocycles. The van der Waals surface area contributed by atoms with Crippen LogP contribution in [-0.2, 0) is 9.59 Å². The Labute approximate surface area is 185 Å². The van der Waals surface area contributed by atoms with Crippen LogP contribution in [0.3, 0.4) is 0 Å². The minimum atomic E-state index is -0.527. The number of rotatable bonds is 8. The first-order chi connectivity index (χ1) is 14.4. The zero-order valence-electron chi connectivity index (χ0n) is 17.4. The highest BCUT2D eigenvalue weighted by Crippen LogP contribution is 2.28. The maximum Gasteiger partial charge on any atom is 0.263 e. The highest BCUT2D eigenvalue weighted by molar-refractivity contribution is 8.01. The van der Waals surface area contributed by atoms with Crippen molar-refractivity contribution in [1.82, 2.24) is 20.4 Å². The summed E-state index contributed by atoms with van der Waals surface area (Å²) in [5.74, 6) is 1.00. The van der Waals surface area contributed by atoms with Crippen molar-refractivity contribution in [3.63, 3.8) is 0 Å². The van der Waals surface area contributed by atoms with Gasteiger partial charge in [0.1, 0.15) is 5.75 Å². The number of benzene rings is 1. The molecule has 1 aliphatic heterocycles. The number of carbonyl (C=O) groups is 2. The monoisotopic (exact) mass is 449 g/mol. The number of piperazine rings is 1. The Morgan fingerprint density at radius 2 is 1.83 bits per heavy atom. The van der Waals surface area contributed by atoms with E-state index < -0.39 is 6.10 Å². The third kappa shape index (κ3) is 6.33. The number of thioether (sulfide) groups is 1. The SMILES string of the molecule is CC(C)NC(=O)CSc1nnc(N2CCN(C(=O)C(C)Oc3ccccc3)CC2)s1. The van der Waals surface area contributed by atoms with Gasteiger partial charge in [-0.05, 0) is 32.9 Å². The number of amides is 2. The fourth-order valence-electron chi connectivity index (χ4n) is 3.01. The van der Waals surface area contributed by atoms with E-state index in [1.54, 1.807) is 6.92 Å². The molecular formula is C20H27N5O3S2. The van der Waals surface area contributed by atoms with Crippen molar-refractivity contribution in [1.29, 1.82) is 0 Å². The van der Waals surface area contributed by atoms with Crippen LogP contribution >= 0.6 is 23.1 Å². The van der Waals surface area contributed by atoms with Gasteiger partial charge in [0.25, 0.3) is 5.91 Å². The molecule has 2 aromatic rings. The number of anilines is 1. The van der Waals surface area contributed by atoms with Crippen molar-refractivity contribution in [3.05, 3.63) is 30.3 Å². The van der Waals surface area contributed by atoms with E-state index >= 15 is 0 Å². The minimum Gasteiger partial charge on any atom is -0.481 e. The number of carbonyl (C=O) groups excluding carboxylic acids is 2. The molecule has 3 rings (SSSR count). The number of hydrogen-bond donors (Lipinski definition) is 1. The lowest BCUT2D eigenvalue weighted by Crippen LogP contribution is -2.52. The van der Waals surface area contributed by atoms with Crippen LogP contribution in [0.2, 0.25) is 0 Å². The largest absolute Gasteiger partial charge is 0.481 e. The van der Waals surface area contributed by atoms with E-state index in [1.807, 2.05) is 49.1 Å². The zero-order chi connectivity index (χ0) is 21.5. The first-order valence-electron chi connectivity index (χ1n) is 9.93. The highest BCUT2D eigenvalue weighted by Gasteiger charge is 2.27. The summed E-state index contributed by atoms with van der Waals surface area (Å²) < 4.78 is 6.52. The molecule has 10 heteroatoms. The van der Waals surface area contributed by atoms with Crippen LogP contribution in [0.25, 0.3) is 0 Å². The first kappa shape index (κ1) is 22.4. The quantitative estimate of drug-likeness (QED) is 0.619. The minimum absolute atomic E-state index is 0.00859. The van der Waals surface area contributed by atoms with E-state index in [9.17, 15) is 9.59 Å². The van der Waals surface area contributed by atoms with Crippen LogP contribution in [0, 0.1) is 0 Å². The normalized spacial score (nSPS) is 15.2. The van der Waals surface area contributed by atoms with Crippen LogP contribution in [0.5, 0.6) is 5.75 Å². The molecule has 2 amide bonds. The summed E-state index contributed by atoms with van der Waals surface area (Å²) in [7, 11) is 0. The second kappa shape index (κ2) is 10.6.